The van der Waals surface area contributed by atoms with Gasteiger partial charge in [-0.15, -0.1) is 0 Å². The lowest BCUT2D eigenvalue weighted by Gasteiger charge is -2.22. The van der Waals surface area contributed by atoms with E-state index in [1.54, 1.807) is 16.9 Å². The summed E-state index contributed by atoms with van der Waals surface area (Å²) in [6, 6.07) is 3.65. The molecule has 0 saturated heterocycles. The maximum absolute atomic E-state index is 12.4. The predicted molar refractivity (Wildman–Crippen MR) is 82.9 cm³/mol. The van der Waals surface area contributed by atoms with Crippen LogP contribution in [0.5, 0.6) is 0 Å². The van der Waals surface area contributed by atoms with E-state index in [4.69, 9.17) is 10.2 Å². The van der Waals surface area contributed by atoms with Gasteiger partial charge in [-0.05, 0) is 37.8 Å². The molecule has 6 nitrogen and oxygen atoms in total. The lowest BCUT2D eigenvalue weighted by Crippen LogP contribution is -2.30. The molecule has 0 unspecified atom stereocenters. The molecule has 3 rings (SSSR count). The Morgan fingerprint density at radius 3 is 2.95 bits per heavy atom. The van der Waals surface area contributed by atoms with Crippen LogP contribution in [-0.2, 0) is 24.2 Å². The minimum atomic E-state index is -0.406. The predicted octanol–water partition coefficient (Wildman–Crippen LogP) is 1.34. The number of nitrogens with zero attached hydrogens (tertiary/aromatic N) is 2. The van der Waals surface area contributed by atoms with Gasteiger partial charge in [-0.2, -0.15) is 4.98 Å². The second kappa shape index (κ2) is 6.39. The van der Waals surface area contributed by atoms with Gasteiger partial charge in [-0.1, -0.05) is 11.8 Å². The molecule has 116 valence electrons. The standard InChI is InChI=1S/C15H17N3O3S/c16-13(19)9-22-14-11-5-1-2-6-12(11)18(15(20)17-14)8-10-4-3-7-21-10/h3-4,7H,1-2,5-6,8-9H2,(H2,16,19). The average Bonchev–Trinajstić information content (AvgIpc) is 3.01. The topological polar surface area (TPSA) is 91.1 Å². The molecule has 2 aromatic rings. The molecule has 0 radical (unpaired) electrons. The summed E-state index contributed by atoms with van der Waals surface area (Å²) in [4.78, 5) is 27.5. The van der Waals surface area contributed by atoms with Crippen molar-refractivity contribution in [1.82, 2.24) is 9.55 Å². The maximum atomic E-state index is 12.4. The molecule has 7 heteroatoms. The van der Waals surface area contributed by atoms with Gasteiger partial charge in [0.05, 0.1) is 18.6 Å². The highest BCUT2D eigenvalue weighted by atomic mass is 32.2. The van der Waals surface area contributed by atoms with Crippen LogP contribution >= 0.6 is 11.8 Å². The second-order valence-corrected chi connectivity index (χ2v) is 6.22. The molecule has 22 heavy (non-hydrogen) atoms. The van der Waals surface area contributed by atoms with E-state index in [9.17, 15) is 9.59 Å². The fraction of sp³-hybridized carbons (Fsp3) is 0.400. The summed E-state index contributed by atoms with van der Waals surface area (Å²) >= 11 is 1.25. The van der Waals surface area contributed by atoms with E-state index in [0.29, 0.717) is 11.6 Å². The normalized spacial score (nSPS) is 13.8. The van der Waals surface area contributed by atoms with E-state index in [2.05, 4.69) is 4.98 Å². The van der Waals surface area contributed by atoms with Gasteiger partial charge in [0.15, 0.2) is 0 Å². The van der Waals surface area contributed by atoms with Gasteiger partial charge >= 0.3 is 5.69 Å². The molecule has 0 saturated carbocycles. The second-order valence-electron chi connectivity index (χ2n) is 5.25. The van der Waals surface area contributed by atoms with Crippen LogP contribution in [-0.4, -0.2) is 21.2 Å². The van der Waals surface area contributed by atoms with Gasteiger partial charge in [0.1, 0.15) is 10.8 Å². The summed E-state index contributed by atoms with van der Waals surface area (Å²) in [5.74, 6) is 0.464. The first kappa shape index (κ1) is 14.9. The first-order valence-corrected chi connectivity index (χ1v) is 8.20. The molecule has 0 bridgehead atoms. The Morgan fingerprint density at radius 1 is 1.41 bits per heavy atom. The van der Waals surface area contributed by atoms with Crippen LogP contribution in [0.2, 0.25) is 0 Å². The molecule has 1 amide bonds. The number of rotatable bonds is 5. The van der Waals surface area contributed by atoms with E-state index in [0.717, 1.165) is 42.7 Å². The van der Waals surface area contributed by atoms with Crippen molar-refractivity contribution in [2.75, 3.05) is 5.75 Å². The van der Waals surface area contributed by atoms with Crippen LogP contribution in [0.1, 0.15) is 29.9 Å². The highest BCUT2D eigenvalue weighted by Crippen LogP contribution is 2.28. The van der Waals surface area contributed by atoms with Gasteiger partial charge < -0.3 is 10.2 Å². The summed E-state index contributed by atoms with van der Waals surface area (Å²) in [6.07, 6.45) is 5.43. The minimum Gasteiger partial charge on any atom is -0.467 e. The molecule has 0 aliphatic heterocycles. The number of hydrogen-bond acceptors (Lipinski definition) is 5. The first-order valence-electron chi connectivity index (χ1n) is 7.21. The Labute approximate surface area is 131 Å². The molecular formula is C15H17N3O3S. The van der Waals surface area contributed by atoms with Gasteiger partial charge in [0.25, 0.3) is 0 Å². The third-order valence-corrected chi connectivity index (χ3v) is 4.74. The van der Waals surface area contributed by atoms with Crippen molar-refractivity contribution < 1.29 is 9.21 Å². The zero-order valence-electron chi connectivity index (χ0n) is 12.1. The molecule has 2 aromatic heterocycles. The van der Waals surface area contributed by atoms with Crippen molar-refractivity contribution in [2.24, 2.45) is 5.73 Å². The third-order valence-electron chi connectivity index (χ3n) is 3.70. The maximum Gasteiger partial charge on any atom is 0.349 e. The zero-order valence-corrected chi connectivity index (χ0v) is 12.9. The van der Waals surface area contributed by atoms with E-state index in [1.165, 1.54) is 11.8 Å². The smallest absolute Gasteiger partial charge is 0.349 e. The zero-order chi connectivity index (χ0) is 15.5. The Morgan fingerprint density at radius 2 is 2.23 bits per heavy atom. The van der Waals surface area contributed by atoms with E-state index in [-0.39, 0.29) is 11.4 Å². The lowest BCUT2D eigenvalue weighted by atomic mass is 9.97. The van der Waals surface area contributed by atoms with Gasteiger partial charge in [-0.3, -0.25) is 9.36 Å². The summed E-state index contributed by atoms with van der Waals surface area (Å²) in [6.45, 7) is 0.391. The Kier molecular flexibility index (Phi) is 4.33. The van der Waals surface area contributed by atoms with Gasteiger partial charge in [-0.25, -0.2) is 4.79 Å². The van der Waals surface area contributed by atoms with Crippen LogP contribution in [0.25, 0.3) is 0 Å². The van der Waals surface area contributed by atoms with Crippen LogP contribution in [0, 0.1) is 0 Å². The molecule has 2 N–H and O–H groups in total. The van der Waals surface area contributed by atoms with Crippen LogP contribution in [0.15, 0.2) is 32.6 Å². The highest BCUT2D eigenvalue weighted by Gasteiger charge is 2.21. The van der Waals surface area contributed by atoms with E-state index >= 15 is 0 Å². The van der Waals surface area contributed by atoms with Crippen molar-refractivity contribution in [2.45, 2.75) is 37.3 Å². The highest BCUT2D eigenvalue weighted by molar-refractivity contribution is 7.99. The number of aromatic nitrogens is 2. The number of carbonyl (C=O) groups excluding carboxylic acids is 1. The number of primary amides is 1. The van der Waals surface area contributed by atoms with Crippen molar-refractivity contribution in [3.05, 3.63) is 45.9 Å². The number of thioether (sulfide) groups is 1. The molecule has 0 fully saturated rings. The number of furan rings is 1. The first-order chi connectivity index (χ1) is 10.6. The Balaban J connectivity index is 2.00. The fourth-order valence-electron chi connectivity index (χ4n) is 2.73. The summed E-state index contributed by atoms with van der Waals surface area (Å²) in [7, 11) is 0. The summed E-state index contributed by atoms with van der Waals surface area (Å²) < 4.78 is 7.02. The molecule has 0 atom stereocenters. The lowest BCUT2D eigenvalue weighted by molar-refractivity contribution is -0.115. The molecular weight excluding hydrogens is 302 g/mol. The molecule has 1 aliphatic rings. The third kappa shape index (κ3) is 3.09. The van der Waals surface area contributed by atoms with Crippen LogP contribution < -0.4 is 11.4 Å². The van der Waals surface area contributed by atoms with Crippen molar-refractivity contribution >= 4 is 17.7 Å². The fourth-order valence-corrected chi connectivity index (χ4v) is 3.54. The van der Waals surface area contributed by atoms with Crippen molar-refractivity contribution in [3.8, 4) is 0 Å². The monoisotopic (exact) mass is 319 g/mol. The average molecular weight is 319 g/mol. The van der Waals surface area contributed by atoms with Crippen LogP contribution in [0.4, 0.5) is 0 Å². The number of carbonyl (C=O) groups is 1. The van der Waals surface area contributed by atoms with Gasteiger partial charge in [0.2, 0.25) is 5.91 Å². The van der Waals surface area contributed by atoms with Crippen LogP contribution in [0.3, 0.4) is 0 Å². The number of fused-ring (bicyclic) bond motifs is 1. The Bertz CT molecular complexity index is 737. The summed E-state index contributed by atoms with van der Waals surface area (Å²) in [5, 5.41) is 0.647. The molecule has 2 heterocycles. The molecule has 0 spiro atoms. The van der Waals surface area contributed by atoms with E-state index in [1.807, 2.05) is 6.07 Å². The van der Waals surface area contributed by atoms with Crippen molar-refractivity contribution in [1.29, 1.82) is 0 Å². The quantitative estimate of drug-likeness (QED) is 0.663. The SMILES string of the molecule is NC(=O)CSc1nc(=O)n(Cc2ccco2)c2c1CCCC2. The van der Waals surface area contributed by atoms with Gasteiger partial charge in [0, 0.05) is 11.3 Å². The summed E-state index contributed by atoms with van der Waals surface area (Å²) in [5.41, 5.74) is 6.97. The van der Waals surface area contributed by atoms with E-state index < -0.39 is 5.91 Å². The molecule has 1 aliphatic carbocycles. The number of hydrogen-bond donors (Lipinski definition) is 1. The number of amides is 1. The Hall–Kier alpha value is -2.02. The molecule has 0 aromatic carbocycles. The largest absolute Gasteiger partial charge is 0.467 e. The van der Waals surface area contributed by atoms with Crippen molar-refractivity contribution in [3.63, 3.8) is 0 Å². The minimum absolute atomic E-state index is 0.140. The number of nitrogens with two attached hydrogens (primary N) is 1.